The molecular formula is C19H25N3O4S. The van der Waals surface area contributed by atoms with Gasteiger partial charge in [0, 0.05) is 12.1 Å². The van der Waals surface area contributed by atoms with Gasteiger partial charge in [-0.05, 0) is 37.1 Å². The Morgan fingerprint density at radius 3 is 2.44 bits per heavy atom. The normalized spacial score (nSPS) is 15.2. The smallest absolute Gasteiger partial charge is 0.265 e. The standard InChI is InChI=1S/C19H25N3O4S/c1-25-16-9-10-18(17(12-16)26-2)27(23,24)22-15-8-11-19(20-13-15)21-14-6-4-3-5-7-14/h8-14,22H,3-7H2,1-2H3,(H,20,21). The first kappa shape index (κ1) is 19.3. The first-order chi connectivity index (χ1) is 13.0. The van der Waals surface area contributed by atoms with Crippen LogP contribution in [-0.4, -0.2) is 33.7 Å². The molecule has 0 unspecified atom stereocenters. The number of hydrogen-bond acceptors (Lipinski definition) is 6. The van der Waals surface area contributed by atoms with Gasteiger partial charge in [0.25, 0.3) is 10.0 Å². The number of benzene rings is 1. The maximum atomic E-state index is 12.7. The van der Waals surface area contributed by atoms with Crippen molar-refractivity contribution >= 4 is 21.5 Å². The minimum atomic E-state index is -3.81. The van der Waals surface area contributed by atoms with E-state index in [0.717, 1.165) is 18.7 Å². The summed E-state index contributed by atoms with van der Waals surface area (Å²) in [4.78, 5) is 4.37. The quantitative estimate of drug-likeness (QED) is 0.749. The van der Waals surface area contributed by atoms with Gasteiger partial charge in [-0.15, -0.1) is 0 Å². The lowest BCUT2D eigenvalue weighted by atomic mass is 9.95. The van der Waals surface area contributed by atoms with Gasteiger partial charge in [0.15, 0.2) is 0 Å². The Hall–Kier alpha value is -2.48. The molecule has 1 fully saturated rings. The largest absolute Gasteiger partial charge is 0.497 e. The third-order valence-corrected chi connectivity index (χ3v) is 6.05. The van der Waals surface area contributed by atoms with Crippen molar-refractivity contribution in [2.75, 3.05) is 24.3 Å². The molecule has 2 N–H and O–H groups in total. The highest BCUT2D eigenvalue weighted by atomic mass is 32.2. The van der Waals surface area contributed by atoms with Crippen LogP contribution in [0.5, 0.6) is 11.5 Å². The van der Waals surface area contributed by atoms with E-state index in [2.05, 4.69) is 15.0 Å². The van der Waals surface area contributed by atoms with E-state index in [0.29, 0.717) is 17.5 Å². The Labute approximate surface area is 160 Å². The van der Waals surface area contributed by atoms with Crippen molar-refractivity contribution in [2.45, 2.75) is 43.0 Å². The molecule has 1 aliphatic carbocycles. The number of nitrogens with zero attached hydrogens (tertiary/aromatic N) is 1. The van der Waals surface area contributed by atoms with E-state index < -0.39 is 10.0 Å². The second-order valence-corrected chi connectivity index (χ2v) is 8.18. The highest BCUT2D eigenvalue weighted by Gasteiger charge is 2.21. The Balaban J connectivity index is 1.72. The summed E-state index contributed by atoms with van der Waals surface area (Å²) in [5.74, 6) is 1.49. The van der Waals surface area contributed by atoms with Crippen LogP contribution in [0.15, 0.2) is 41.4 Å². The van der Waals surface area contributed by atoms with Crippen LogP contribution >= 0.6 is 0 Å². The van der Waals surface area contributed by atoms with Crippen molar-refractivity contribution in [3.63, 3.8) is 0 Å². The maximum absolute atomic E-state index is 12.7. The summed E-state index contributed by atoms with van der Waals surface area (Å²) in [7, 11) is -0.885. The first-order valence-electron chi connectivity index (χ1n) is 8.99. The van der Waals surface area contributed by atoms with Gasteiger partial charge in [0.2, 0.25) is 0 Å². The zero-order chi connectivity index (χ0) is 19.3. The van der Waals surface area contributed by atoms with Crippen molar-refractivity contribution in [1.82, 2.24) is 4.98 Å². The van der Waals surface area contributed by atoms with E-state index in [4.69, 9.17) is 9.47 Å². The van der Waals surface area contributed by atoms with Crippen molar-refractivity contribution < 1.29 is 17.9 Å². The topological polar surface area (TPSA) is 89.6 Å². The highest BCUT2D eigenvalue weighted by Crippen LogP contribution is 2.30. The van der Waals surface area contributed by atoms with Crippen molar-refractivity contribution in [1.29, 1.82) is 0 Å². The fourth-order valence-corrected chi connectivity index (χ4v) is 4.40. The summed E-state index contributed by atoms with van der Waals surface area (Å²) in [6.45, 7) is 0. The summed E-state index contributed by atoms with van der Waals surface area (Å²) in [5, 5.41) is 3.41. The molecule has 146 valence electrons. The van der Waals surface area contributed by atoms with Crippen LogP contribution in [0.1, 0.15) is 32.1 Å². The Bertz CT molecular complexity index is 863. The molecule has 0 saturated heterocycles. The number of sulfonamides is 1. The molecule has 0 aliphatic heterocycles. The van der Waals surface area contributed by atoms with Crippen LogP contribution in [-0.2, 0) is 10.0 Å². The summed E-state index contributed by atoms with van der Waals surface area (Å²) < 4.78 is 38.3. The van der Waals surface area contributed by atoms with Crippen LogP contribution in [0.25, 0.3) is 0 Å². The molecule has 1 aliphatic rings. The summed E-state index contributed by atoms with van der Waals surface area (Å²) >= 11 is 0. The molecule has 8 heteroatoms. The van der Waals surface area contributed by atoms with E-state index in [1.165, 1.54) is 51.8 Å². The van der Waals surface area contributed by atoms with Crippen molar-refractivity contribution in [3.05, 3.63) is 36.5 Å². The van der Waals surface area contributed by atoms with Crippen LogP contribution in [0.3, 0.4) is 0 Å². The van der Waals surface area contributed by atoms with E-state index in [9.17, 15) is 8.42 Å². The summed E-state index contributed by atoms with van der Waals surface area (Å²) in [6.07, 6.45) is 7.57. The number of hydrogen-bond donors (Lipinski definition) is 2. The average Bonchev–Trinajstić information content (AvgIpc) is 2.69. The second kappa shape index (κ2) is 8.47. The van der Waals surface area contributed by atoms with Gasteiger partial charge in [0.05, 0.1) is 26.1 Å². The van der Waals surface area contributed by atoms with Gasteiger partial charge in [-0.3, -0.25) is 4.72 Å². The molecule has 1 heterocycles. The Morgan fingerprint density at radius 1 is 1.04 bits per heavy atom. The molecule has 7 nitrogen and oxygen atoms in total. The number of nitrogens with one attached hydrogen (secondary N) is 2. The van der Waals surface area contributed by atoms with Gasteiger partial charge in [0.1, 0.15) is 22.2 Å². The van der Waals surface area contributed by atoms with Gasteiger partial charge in [-0.2, -0.15) is 0 Å². The number of ether oxygens (including phenoxy) is 2. The summed E-state index contributed by atoms with van der Waals surface area (Å²) in [5.41, 5.74) is 0.391. The lowest BCUT2D eigenvalue weighted by Gasteiger charge is -2.23. The minimum Gasteiger partial charge on any atom is -0.497 e. The fraction of sp³-hybridized carbons (Fsp3) is 0.421. The zero-order valence-electron chi connectivity index (χ0n) is 15.6. The molecular weight excluding hydrogens is 366 g/mol. The Kier molecular flexibility index (Phi) is 6.05. The molecule has 2 aromatic rings. The van der Waals surface area contributed by atoms with E-state index >= 15 is 0 Å². The van der Waals surface area contributed by atoms with E-state index in [-0.39, 0.29) is 10.6 Å². The average molecular weight is 391 g/mol. The Morgan fingerprint density at radius 2 is 1.81 bits per heavy atom. The predicted molar refractivity (Wildman–Crippen MR) is 105 cm³/mol. The molecule has 3 rings (SSSR count). The maximum Gasteiger partial charge on any atom is 0.265 e. The van der Waals surface area contributed by atoms with Crippen molar-refractivity contribution in [3.8, 4) is 11.5 Å². The first-order valence-corrected chi connectivity index (χ1v) is 10.5. The molecule has 0 bridgehead atoms. The van der Waals surface area contributed by atoms with Crippen LogP contribution < -0.4 is 19.5 Å². The SMILES string of the molecule is COc1ccc(S(=O)(=O)Nc2ccc(NC3CCCCC3)nc2)c(OC)c1. The van der Waals surface area contributed by atoms with Gasteiger partial charge in [-0.25, -0.2) is 13.4 Å². The highest BCUT2D eigenvalue weighted by molar-refractivity contribution is 7.92. The number of rotatable bonds is 7. The van der Waals surface area contributed by atoms with E-state index in [1.54, 1.807) is 18.2 Å². The van der Waals surface area contributed by atoms with Gasteiger partial charge < -0.3 is 14.8 Å². The van der Waals surface area contributed by atoms with Gasteiger partial charge in [-0.1, -0.05) is 19.3 Å². The number of pyridine rings is 1. The number of anilines is 2. The monoisotopic (exact) mass is 391 g/mol. The van der Waals surface area contributed by atoms with Gasteiger partial charge >= 0.3 is 0 Å². The minimum absolute atomic E-state index is 0.0372. The molecule has 1 saturated carbocycles. The third-order valence-electron chi connectivity index (χ3n) is 4.63. The second-order valence-electron chi connectivity index (χ2n) is 6.53. The molecule has 1 aromatic heterocycles. The van der Waals surface area contributed by atoms with Crippen LogP contribution in [0.4, 0.5) is 11.5 Å². The number of aromatic nitrogens is 1. The van der Waals surface area contributed by atoms with Crippen LogP contribution in [0, 0.1) is 0 Å². The molecule has 27 heavy (non-hydrogen) atoms. The molecule has 0 radical (unpaired) electrons. The lowest BCUT2D eigenvalue weighted by molar-refractivity contribution is 0.386. The van der Waals surface area contributed by atoms with Crippen molar-refractivity contribution in [2.24, 2.45) is 0 Å². The third kappa shape index (κ3) is 4.82. The molecule has 0 amide bonds. The van der Waals surface area contributed by atoms with E-state index in [1.807, 2.05) is 0 Å². The molecule has 0 spiro atoms. The lowest BCUT2D eigenvalue weighted by Crippen LogP contribution is -2.22. The molecule has 1 aromatic carbocycles. The fourth-order valence-electron chi connectivity index (χ4n) is 3.20. The zero-order valence-corrected chi connectivity index (χ0v) is 16.4. The summed E-state index contributed by atoms with van der Waals surface area (Å²) in [6, 6.07) is 8.49. The predicted octanol–water partition coefficient (Wildman–Crippen LogP) is 3.64. The van der Waals surface area contributed by atoms with Crippen LogP contribution in [0.2, 0.25) is 0 Å². The molecule has 0 atom stereocenters. The number of methoxy groups -OCH3 is 2.